The Labute approximate surface area is 237 Å². The molecule has 5 rings (SSSR count). The van der Waals surface area contributed by atoms with Crippen LogP contribution in [-0.2, 0) is 14.8 Å². The topological polar surface area (TPSA) is 115 Å². The number of hydrogen-bond donors (Lipinski definition) is 2. The van der Waals surface area contributed by atoms with Crippen LogP contribution < -0.4 is 19.7 Å². The third-order valence-corrected chi connectivity index (χ3v) is 7.41. The molecule has 2 aromatic carbocycles. The molecule has 206 valence electrons. The van der Waals surface area contributed by atoms with Gasteiger partial charge in [0.25, 0.3) is 0 Å². The summed E-state index contributed by atoms with van der Waals surface area (Å²) in [5.74, 6) is -0.0387. The highest BCUT2D eigenvalue weighted by Gasteiger charge is 2.42. The number of aromatic nitrogens is 2. The number of nitrogens with zero attached hydrogens (tertiary/aromatic N) is 3. The van der Waals surface area contributed by atoms with Gasteiger partial charge in [0.2, 0.25) is 10.0 Å². The normalized spacial score (nSPS) is 16.9. The molecule has 0 unspecified atom stereocenters. The largest absolute Gasteiger partial charge is 0.495 e. The van der Waals surface area contributed by atoms with Gasteiger partial charge in [0.15, 0.2) is 5.11 Å². The summed E-state index contributed by atoms with van der Waals surface area (Å²) in [6.45, 7) is 0. The predicted octanol–water partition coefficient (Wildman–Crippen LogP) is 4.22. The summed E-state index contributed by atoms with van der Waals surface area (Å²) < 4.78 is 38.9. The third kappa shape index (κ3) is 5.36. The number of ether oxygens (including phenoxy) is 2. The van der Waals surface area contributed by atoms with Gasteiger partial charge >= 0.3 is 5.97 Å². The molecular weight excluding hydrogens is 550 g/mol. The Morgan fingerprint density at radius 1 is 1.02 bits per heavy atom. The monoisotopic (exact) mass is 577 g/mol. The number of esters is 1. The Bertz CT molecular complexity index is 1660. The van der Waals surface area contributed by atoms with Gasteiger partial charge in [0, 0.05) is 29.5 Å². The van der Waals surface area contributed by atoms with E-state index in [0.717, 1.165) is 23.3 Å². The van der Waals surface area contributed by atoms with Crippen molar-refractivity contribution in [3.05, 3.63) is 102 Å². The van der Waals surface area contributed by atoms with Gasteiger partial charge in [0.05, 0.1) is 43.5 Å². The molecule has 1 fully saturated rings. The number of hydrogen-bond acceptors (Lipinski definition) is 7. The zero-order valence-corrected chi connectivity index (χ0v) is 23.6. The van der Waals surface area contributed by atoms with Crippen LogP contribution in [0.15, 0.2) is 85.2 Å². The minimum atomic E-state index is -3.57. The van der Waals surface area contributed by atoms with Gasteiger partial charge in [-0.25, -0.2) is 13.2 Å². The van der Waals surface area contributed by atoms with E-state index >= 15 is 0 Å². The molecule has 2 atom stereocenters. The van der Waals surface area contributed by atoms with Crippen LogP contribution in [0.25, 0.3) is 5.69 Å². The molecule has 1 saturated heterocycles. The number of carbonyl (C=O) groups is 1. The van der Waals surface area contributed by atoms with E-state index in [1.54, 1.807) is 30.5 Å². The molecule has 2 aromatic heterocycles. The fourth-order valence-corrected chi connectivity index (χ4v) is 5.71. The van der Waals surface area contributed by atoms with Crippen molar-refractivity contribution in [3.63, 3.8) is 0 Å². The van der Waals surface area contributed by atoms with Crippen LogP contribution in [-0.4, -0.2) is 49.5 Å². The second-order valence-corrected chi connectivity index (χ2v) is 11.2. The Morgan fingerprint density at radius 2 is 1.77 bits per heavy atom. The molecule has 1 aliphatic rings. The average molecular weight is 578 g/mol. The van der Waals surface area contributed by atoms with Crippen molar-refractivity contribution < 1.29 is 22.7 Å². The van der Waals surface area contributed by atoms with E-state index in [2.05, 4.69) is 15.0 Å². The maximum absolute atomic E-state index is 12.1. The fraction of sp³-hybridized carbons (Fsp3) is 0.179. The van der Waals surface area contributed by atoms with E-state index in [9.17, 15) is 13.2 Å². The van der Waals surface area contributed by atoms with Crippen molar-refractivity contribution in [1.29, 1.82) is 0 Å². The highest BCUT2D eigenvalue weighted by atomic mass is 32.2. The minimum absolute atomic E-state index is 0.291. The van der Waals surface area contributed by atoms with E-state index in [1.165, 1.54) is 14.2 Å². The first-order chi connectivity index (χ1) is 19.2. The van der Waals surface area contributed by atoms with E-state index in [0.29, 0.717) is 27.8 Å². The van der Waals surface area contributed by atoms with Gasteiger partial charge in [0.1, 0.15) is 11.8 Å². The first-order valence-corrected chi connectivity index (χ1v) is 14.5. The van der Waals surface area contributed by atoms with Crippen molar-refractivity contribution in [2.75, 3.05) is 30.1 Å². The predicted molar refractivity (Wildman–Crippen MR) is 157 cm³/mol. The van der Waals surface area contributed by atoms with Gasteiger partial charge in [-0.05, 0) is 78.9 Å². The number of sulfonamides is 1. The maximum atomic E-state index is 12.1. The molecule has 1 aliphatic heterocycles. The molecule has 0 aliphatic carbocycles. The molecule has 40 heavy (non-hydrogen) atoms. The number of carbonyl (C=O) groups excluding carboxylic acids is 1. The Kier molecular flexibility index (Phi) is 7.46. The van der Waals surface area contributed by atoms with Crippen LogP contribution in [0.5, 0.6) is 5.75 Å². The van der Waals surface area contributed by atoms with Gasteiger partial charge in [-0.1, -0.05) is 6.07 Å². The molecule has 0 bridgehead atoms. The molecular formula is C28H27N5O5S2. The van der Waals surface area contributed by atoms with E-state index in [1.807, 2.05) is 64.2 Å². The summed E-state index contributed by atoms with van der Waals surface area (Å²) in [5, 5.41) is 3.86. The number of thiocarbonyl (C=S) groups is 1. The lowest BCUT2D eigenvalue weighted by Gasteiger charge is -2.29. The summed E-state index contributed by atoms with van der Waals surface area (Å²) in [5.41, 5.74) is 3.90. The number of nitrogens with one attached hydrogen (secondary N) is 2. The average Bonchev–Trinajstić information content (AvgIpc) is 3.56. The number of anilines is 2. The molecule has 10 nitrogen and oxygen atoms in total. The molecule has 4 aromatic rings. The van der Waals surface area contributed by atoms with Crippen molar-refractivity contribution in [3.8, 4) is 11.4 Å². The van der Waals surface area contributed by atoms with Crippen molar-refractivity contribution in [2.45, 2.75) is 12.1 Å². The first-order valence-electron chi connectivity index (χ1n) is 12.2. The van der Waals surface area contributed by atoms with Gasteiger partial charge < -0.3 is 24.3 Å². The van der Waals surface area contributed by atoms with Crippen molar-refractivity contribution in [1.82, 2.24) is 14.9 Å². The summed E-state index contributed by atoms with van der Waals surface area (Å²) in [6, 6.07) is 21.2. The Balaban J connectivity index is 1.64. The summed E-state index contributed by atoms with van der Waals surface area (Å²) in [7, 11) is -0.752. The van der Waals surface area contributed by atoms with Crippen LogP contribution in [0, 0.1) is 0 Å². The second-order valence-electron chi connectivity index (χ2n) is 9.10. The minimum Gasteiger partial charge on any atom is -0.495 e. The number of rotatable bonds is 8. The molecule has 0 amide bonds. The van der Waals surface area contributed by atoms with Gasteiger partial charge in [-0.3, -0.25) is 9.71 Å². The maximum Gasteiger partial charge on any atom is 0.337 e. The highest BCUT2D eigenvalue weighted by Crippen LogP contribution is 2.43. The number of methoxy groups -OCH3 is 2. The summed E-state index contributed by atoms with van der Waals surface area (Å²) >= 11 is 5.84. The van der Waals surface area contributed by atoms with Crippen LogP contribution in [0.1, 0.15) is 33.8 Å². The number of pyridine rings is 1. The van der Waals surface area contributed by atoms with E-state index in [-0.39, 0.29) is 12.1 Å². The van der Waals surface area contributed by atoms with Crippen LogP contribution >= 0.6 is 12.2 Å². The standard InChI is InChI=1S/C28H27N5O5S2/c1-37-24-14-13-20(17-22(24)31-40(3,35)36)33-26(25(30-28(33)39)21-7-4-5-15-29-21)23-8-6-16-32(23)19-11-9-18(10-12-19)27(34)38-2/h4-17,25-26,31H,1-3H3,(H,30,39)/t25-,26-/m0/s1. The quantitative estimate of drug-likeness (QED) is 0.235. The smallest absolute Gasteiger partial charge is 0.337 e. The van der Waals surface area contributed by atoms with Crippen LogP contribution in [0.3, 0.4) is 0 Å². The lowest BCUT2D eigenvalue weighted by molar-refractivity contribution is 0.0600. The Hall–Kier alpha value is -4.42. The highest BCUT2D eigenvalue weighted by molar-refractivity contribution is 7.92. The molecule has 0 saturated carbocycles. The van der Waals surface area contributed by atoms with Crippen LogP contribution in [0.4, 0.5) is 11.4 Å². The third-order valence-electron chi connectivity index (χ3n) is 6.50. The second kappa shape index (κ2) is 11.0. The van der Waals surface area contributed by atoms with E-state index < -0.39 is 16.0 Å². The molecule has 0 spiro atoms. The molecule has 0 radical (unpaired) electrons. The zero-order chi connectivity index (χ0) is 28.4. The lowest BCUT2D eigenvalue weighted by atomic mass is 10.0. The van der Waals surface area contributed by atoms with Gasteiger partial charge in [-0.2, -0.15) is 0 Å². The molecule has 2 N–H and O–H groups in total. The fourth-order valence-electron chi connectivity index (χ4n) is 4.80. The SMILES string of the molecule is COC(=O)c1ccc(-n2cccc2[C@H]2[C@H](c3ccccn3)NC(=S)N2c2ccc(OC)c(NS(C)(=O)=O)c2)cc1. The first kappa shape index (κ1) is 27.2. The van der Waals surface area contributed by atoms with Crippen LogP contribution in [0.2, 0.25) is 0 Å². The Morgan fingerprint density at radius 3 is 2.42 bits per heavy atom. The summed E-state index contributed by atoms with van der Waals surface area (Å²) in [6.07, 6.45) is 4.74. The van der Waals surface area contributed by atoms with Crippen molar-refractivity contribution >= 4 is 44.7 Å². The summed E-state index contributed by atoms with van der Waals surface area (Å²) in [4.78, 5) is 18.5. The van der Waals surface area contributed by atoms with E-state index in [4.69, 9.17) is 21.7 Å². The van der Waals surface area contributed by atoms with Crippen molar-refractivity contribution in [2.24, 2.45) is 0 Å². The number of benzene rings is 2. The zero-order valence-electron chi connectivity index (χ0n) is 21.9. The van der Waals surface area contributed by atoms with Gasteiger partial charge in [-0.15, -0.1) is 0 Å². The molecule has 3 heterocycles. The molecule has 12 heteroatoms. The lowest BCUT2D eigenvalue weighted by Crippen LogP contribution is -2.30.